The molecule has 0 aromatic heterocycles. The molecule has 6 nitrogen and oxygen atoms in total. The topological polar surface area (TPSA) is 76.7 Å². The van der Waals surface area contributed by atoms with Gasteiger partial charge in [-0.1, -0.05) is 18.2 Å². The number of ether oxygens (including phenoxy) is 2. The predicted octanol–water partition coefficient (Wildman–Crippen LogP) is 2.64. The van der Waals surface area contributed by atoms with E-state index in [-0.39, 0.29) is 18.2 Å². The van der Waals surface area contributed by atoms with Gasteiger partial charge in [0, 0.05) is 24.9 Å². The van der Waals surface area contributed by atoms with Crippen LogP contribution in [-0.4, -0.2) is 33.1 Å². The van der Waals surface area contributed by atoms with E-state index in [0.717, 1.165) is 11.1 Å². The van der Waals surface area contributed by atoms with Gasteiger partial charge >= 0.3 is 0 Å². The van der Waals surface area contributed by atoms with Crippen molar-refractivity contribution in [1.29, 1.82) is 0 Å². The molecule has 0 aliphatic rings. The van der Waals surface area contributed by atoms with Crippen molar-refractivity contribution >= 4 is 23.6 Å². The third kappa shape index (κ3) is 5.37. The van der Waals surface area contributed by atoms with Crippen LogP contribution >= 0.6 is 0 Å². The number of carbonyl (C=O) groups is 2. The molecule has 0 radical (unpaired) electrons. The maximum Gasteiger partial charge on any atom is 0.248 e. The Morgan fingerprint density at radius 3 is 2.31 bits per heavy atom. The number of nitrogens with one attached hydrogen (secondary N) is 2. The Morgan fingerprint density at radius 2 is 1.69 bits per heavy atom. The van der Waals surface area contributed by atoms with Crippen LogP contribution in [0.25, 0.3) is 6.08 Å². The van der Waals surface area contributed by atoms with Gasteiger partial charge in [0.25, 0.3) is 0 Å². The number of benzene rings is 2. The molecule has 26 heavy (non-hydrogen) atoms. The minimum absolute atomic E-state index is 0.120. The minimum Gasteiger partial charge on any atom is -0.497 e. The Hall–Kier alpha value is -3.28. The number of amides is 2. The van der Waals surface area contributed by atoms with Crippen LogP contribution < -0.4 is 20.1 Å². The van der Waals surface area contributed by atoms with Gasteiger partial charge in [0.05, 0.1) is 20.6 Å². The summed E-state index contributed by atoms with van der Waals surface area (Å²) in [6, 6.07) is 12.6. The summed E-state index contributed by atoms with van der Waals surface area (Å²) in [4.78, 5) is 23.8. The number of methoxy groups -OCH3 is 2. The lowest BCUT2D eigenvalue weighted by Crippen LogP contribution is -2.21. The molecule has 2 rings (SSSR count). The maximum absolute atomic E-state index is 12.2. The van der Waals surface area contributed by atoms with Gasteiger partial charge in [-0.15, -0.1) is 0 Å². The van der Waals surface area contributed by atoms with Gasteiger partial charge in [0.15, 0.2) is 0 Å². The molecule has 0 bridgehead atoms. The van der Waals surface area contributed by atoms with Crippen molar-refractivity contribution in [3.63, 3.8) is 0 Å². The Bertz CT molecular complexity index is 793. The highest BCUT2D eigenvalue weighted by Gasteiger charge is 2.08. The zero-order valence-corrected chi connectivity index (χ0v) is 15.0. The molecule has 0 fully saturated rings. The smallest absolute Gasteiger partial charge is 0.248 e. The van der Waals surface area contributed by atoms with Crippen LogP contribution in [0.1, 0.15) is 11.1 Å². The van der Waals surface area contributed by atoms with E-state index in [9.17, 15) is 9.59 Å². The molecule has 6 heteroatoms. The van der Waals surface area contributed by atoms with Crippen molar-refractivity contribution in [3.8, 4) is 11.5 Å². The van der Waals surface area contributed by atoms with E-state index in [1.165, 1.54) is 6.08 Å². The second kappa shape index (κ2) is 9.27. The lowest BCUT2D eigenvalue weighted by molar-refractivity contribution is -0.120. The first-order valence-electron chi connectivity index (χ1n) is 8.06. The molecule has 0 atom stereocenters. The largest absolute Gasteiger partial charge is 0.497 e. The van der Waals surface area contributed by atoms with Crippen LogP contribution in [0.3, 0.4) is 0 Å². The van der Waals surface area contributed by atoms with Crippen molar-refractivity contribution in [2.75, 3.05) is 26.6 Å². The van der Waals surface area contributed by atoms with Gasteiger partial charge in [0.1, 0.15) is 11.5 Å². The summed E-state index contributed by atoms with van der Waals surface area (Å²) in [6.07, 6.45) is 3.29. The molecule has 2 aromatic rings. The van der Waals surface area contributed by atoms with Gasteiger partial charge in [0.2, 0.25) is 11.8 Å². The van der Waals surface area contributed by atoms with Crippen molar-refractivity contribution < 1.29 is 19.1 Å². The quantitative estimate of drug-likeness (QED) is 0.750. The van der Waals surface area contributed by atoms with Gasteiger partial charge in [-0.3, -0.25) is 9.59 Å². The molecular weight excluding hydrogens is 332 g/mol. The third-order valence-electron chi connectivity index (χ3n) is 3.71. The van der Waals surface area contributed by atoms with E-state index < -0.39 is 0 Å². The summed E-state index contributed by atoms with van der Waals surface area (Å²) in [5, 5.41) is 5.37. The van der Waals surface area contributed by atoms with Crippen molar-refractivity contribution in [3.05, 3.63) is 59.7 Å². The lowest BCUT2D eigenvalue weighted by Gasteiger charge is -2.09. The molecule has 0 spiro atoms. The number of carbonyl (C=O) groups excluding carboxylic acids is 2. The van der Waals surface area contributed by atoms with Crippen LogP contribution in [0.5, 0.6) is 11.5 Å². The van der Waals surface area contributed by atoms with Crippen LogP contribution in [0.2, 0.25) is 0 Å². The fourth-order valence-corrected chi connectivity index (χ4v) is 2.33. The first-order chi connectivity index (χ1) is 12.5. The van der Waals surface area contributed by atoms with E-state index in [1.807, 2.05) is 12.1 Å². The lowest BCUT2D eigenvalue weighted by atomic mass is 10.1. The highest BCUT2D eigenvalue weighted by Crippen LogP contribution is 2.23. The predicted molar refractivity (Wildman–Crippen MR) is 101 cm³/mol. The summed E-state index contributed by atoms with van der Waals surface area (Å²) < 4.78 is 10.4. The molecule has 136 valence electrons. The molecule has 0 aliphatic carbocycles. The van der Waals surface area contributed by atoms with Gasteiger partial charge in [-0.05, 0) is 35.4 Å². The maximum atomic E-state index is 12.2. The van der Waals surface area contributed by atoms with Crippen LogP contribution in [0.15, 0.2) is 48.5 Å². The minimum atomic E-state index is -0.295. The number of hydrogen-bond donors (Lipinski definition) is 2. The molecule has 0 saturated heterocycles. The molecule has 0 unspecified atom stereocenters. The van der Waals surface area contributed by atoms with E-state index in [1.54, 1.807) is 57.7 Å². The zero-order chi connectivity index (χ0) is 18.9. The highest BCUT2D eigenvalue weighted by atomic mass is 16.5. The summed E-state index contributed by atoms with van der Waals surface area (Å²) in [5.74, 6) is 0.863. The molecule has 2 N–H and O–H groups in total. The van der Waals surface area contributed by atoms with Gasteiger partial charge in [-0.25, -0.2) is 0 Å². The van der Waals surface area contributed by atoms with E-state index >= 15 is 0 Å². The molecule has 0 heterocycles. The van der Waals surface area contributed by atoms with Crippen molar-refractivity contribution in [1.82, 2.24) is 5.32 Å². The van der Waals surface area contributed by atoms with Crippen LogP contribution in [-0.2, 0) is 16.0 Å². The SMILES string of the molecule is CNC(=O)Cc1ccccc1NC(=O)C=Cc1cc(OC)cc(OC)c1. The Labute approximate surface area is 152 Å². The molecule has 0 saturated carbocycles. The average Bonchev–Trinajstić information content (AvgIpc) is 2.67. The second-order valence-corrected chi connectivity index (χ2v) is 5.48. The van der Waals surface area contributed by atoms with E-state index in [0.29, 0.717) is 17.2 Å². The van der Waals surface area contributed by atoms with Crippen molar-refractivity contribution in [2.45, 2.75) is 6.42 Å². The Balaban J connectivity index is 2.12. The third-order valence-corrected chi connectivity index (χ3v) is 3.71. The normalized spacial score (nSPS) is 10.4. The monoisotopic (exact) mass is 354 g/mol. The number of likely N-dealkylation sites (N-methyl/N-ethyl adjacent to an activating group) is 1. The van der Waals surface area contributed by atoms with Crippen molar-refractivity contribution in [2.24, 2.45) is 0 Å². The highest BCUT2D eigenvalue weighted by molar-refractivity contribution is 6.02. The standard InChI is InChI=1S/C20H22N2O4/c1-21-20(24)12-15-6-4-5-7-18(15)22-19(23)9-8-14-10-16(25-2)13-17(11-14)26-3/h4-11,13H,12H2,1-3H3,(H,21,24)(H,22,23). The fourth-order valence-electron chi connectivity index (χ4n) is 2.33. The fraction of sp³-hybridized carbons (Fsp3) is 0.200. The number of para-hydroxylation sites is 1. The van der Waals surface area contributed by atoms with Crippen LogP contribution in [0, 0.1) is 0 Å². The first-order valence-corrected chi connectivity index (χ1v) is 8.06. The Kier molecular flexibility index (Phi) is 6.79. The molecule has 2 aromatic carbocycles. The van der Waals surface area contributed by atoms with Crippen LogP contribution in [0.4, 0.5) is 5.69 Å². The summed E-state index contributed by atoms with van der Waals surface area (Å²) >= 11 is 0. The number of anilines is 1. The summed E-state index contributed by atoms with van der Waals surface area (Å²) in [5.41, 5.74) is 2.13. The number of hydrogen-bond acceptors (Lipinski definition) is 4. The zero-order valence-electron chi connectivity index (χ0n) is 15.0. The van der Waals surface area contributed by atoms with E-state index in [2.05, 4.69) is 10.6 Å². The van der Waals surface area contributed by atoms with Gasteiger partial charge < -0.3 is 20.1 Å². The first kappa shape index (κ1) is 19.1. The molecular formula is C20H22N2O4. The number of rotatable bonds is 7. The second-order valence-electron chi connectivity index (χ2n) is 5.48. The summed E-state index contributed by atoms with van der Waals surface area (Å²) in [7, 11) is 4.71. The molecule has 0 aliphatic heterocycles. The van der Waals surface area contributed by atoms with E-state index in [4.69, 9.17) is 9.47 Å². The molecule has 2 amide bonds. The Morgan fingerprint density at radius 1 is 1.04 bits per heavy atom. The van der Waals surface area contributed by atoms with Gasteiger partial charge in [-0.2, -0.15) is 0 Å². The summed E-state index contributed by atoms with van der Waals surface area (Å²) in [6.45, 7) is 0. The average molecular weight is 354 g/mol.